The summed E-state index contributed by atoms with van der Waals surface area (Å²) < 4.78 is 45.1. The molecule has 24 atom stereocenters. The molecule has 29 nitrogen and oxygen atoms in total. The van der Waals surface area contributed by atoms with Gasteiger partial charge in [-0.3, -0.25) is 14.4 Å². The fourth-order valence-electron chi connectivity index (χ4n) is 7.75. The molecule has 4 aliphatic rings. The van der Waals surface area contributed by atoms with Crippen LogP contribution < -0.4 is 16.0 Å². The molecule has 4 fully saturated rings. The highest BCUT2D eigenvalue weighted by Crippen LogP contribution is 2.33. The summed E-state index contributed by atoms with van der Waals surface area (Å²) in [6, 6.07) is -4.70. The van der Waals surface area contributed by atoms with Gasteiger partial charge < -0.3 is 130 Å². The molecule has 0 saturated carbocycles. The zero-order valence-corrected chi connectivity index (χ0v) is 35.3. The average molecular weight is 954 g/mol. The molecular weight excluding hydrogens is 890 g/mol. The predicted molar refractivity (Wildman–Crippen MR) is 204 cm³/mol. The standard InChI is InChI=1S/C36H63N3O26/c1-10(45)37-13(4-40)30(63-35-28(56)26(54)23(51)16(6-42)60-35)21(49)14(48)9-58-33-20(39-12(3)47)25(53)31(17(7-43)61-33)65-36-29(57)27(55)32(18(8-44)62-36)64-34-19(38-11(2)46)24(52)22(50)15(5-41)59-34/h13-36,40-44,48-57H,4-9H2,1-3H3,(H,37,45)(H,38,46)(H,39,47)/t13-,14+,15+,16+,17+,18+,19+,20+,21-,22+,23-,24+,25+,26-,27+,28+,29+,30+,31-,32-,33+,34-,35-,36-/m0/s1. The van der Waals surface area contributed by atoms with E-state index in [2.05, 4.69) is 16.0 Å². The SMILES string of the molecule is CC(=O)N[C@H]1[C@H](OC[C@@H](O)[C@H](O)[C@H](O[C@@H]2O[C@H](CO)[C@H](O)[C@H](O)[C@H]2O)[C@H](CO)NC(C)=O)O[C@H](CO)[C@H](O[C@@H]2O[C@H](CO)[C@H](O[C@@H]3O[C@H](CO)[C@@H](O)[C@H](O)[C@H]3NC(C)=O)[C@H](O)[C@H]2O)[C@@H]1O. The average Bonchev–Trinajstić information content (AvgIpc) is 3.26. The molecule has 3 amide bonds. The minimum absolute atomic E-state index is 0.706. The Morgan fingerprint density at radius 3 is 1.48 bits per heavy atom. The number of aliphatic hydroxyl groups is 15. The van der Waals surface area contributed by atoms with E-state index in [4.69, 9.17) is 37.9 Å². The second kappa shape index (κ2) is 24.7. The maximum atomic E-state index is 12.3. The van der Waals surface area contributed by atoms with Crippen molar-refractivity contribution in [3.05, 3.63) is 0 Å². The van der Waals surface area contributed by atoms with Crippen LogP contribution in [0.15, 0.2) is 0 Å². The molecule has 0 spiro atoms. The van der Waals surface area contributed by atoms with Gasteiger partial charge >= 0.3 is 0 Å². The molecule has 29 heteroatoms. The van der Waals surface area contributed by atoms with Crippen LogP contribution in [0, 0.1) is 0 Å². The number of hydrogen-bond acceptors (Lipinski definition) is 26. The first-order valence-electron chi connectivity index (χ1n) is 20.5. The zero-order valence-electron chi connectivity index (χ0n) is 35.3. The lowest BCUT2D eigenvalue weighted by Crippen LogP contribution is -2.69. The number of nitrogens with one attached hydrogen (secondary N) is 3. The van der Waals surface area contributed by atoms with Crippen molar-refractivity contribution >= 4 is 17.7 Å². The largest absolute Gasteiger partial charge is 0.394 e. The molecule has 18 N–H and O–H groups in total. The lowest BCUT2D eigenvalue weighted by atomic mass is 9.94. The minimum atomic E-state index is -2.18. The van der Waals surface area contributed by atoms with Crippen LogP contribution in [0.3, 0.4) is 0 Å². The Labute approximate surface area is 369 Å². The van der Waals surface area contributed by atoms with Crippen LogP contribution in [-0.2, 0) is 52.3 Å². The molecule has 0 aliphatic carbocycles. The third kappa shape index (κ3) is 13.2. The van der Waals surface area contributed by atoms with Gasteiger partial charge in [-0.2, -0.15) is 0 Å². The van der Waals surface area contributed by atoms with Gasteiger partial charge in [-0.25, -0.2) is 0 Å². The quantitative estimate of drug-likeness (QED) is 0.0539. The molecule has 0 unspecified atom stereocenters. The Balaban J connectivity index is 1.50. The molecule has 0 aromatic carbocycles. The first-order chi connectivity index (χ1) is 30.6. The Morgan fingerprint density at radius 1 is 0.523 bits per heavy atom. The first-order valence-corrected chi connectivity index (χ1v) is 20.5. The topological polar surface area (TPSA) is 465 Å². The van der Waals surface area contributed by atoms with E-state index in [-0.39, 0.29) is 0 Å². The van der Waals surface area contributed by atoms with Crippen molar-refractivity contribution in [1.82, 2.24) is 16.0 Å². The second-order valence-corrected chi connectivity index (χ2v) is 16.0. The molecule has 0 aromatic rings. The van der Waals surface area contributed by atoms with Gasteiger partial charge in [0.2, 0.25) is 17.7 Å². The predicted octanol–water partition coefficient (Wildman–Crippen LogP) is -11.9. The maximum Gasteiger partial charge on any atom is 0.217 e. The van der Waals surface area contributed by atoms with Crippen molar-refractivity contribution in [2.75, 3.05) is 39.6 Å². The van der Waals surface area contributed by atoms with Crippen molar-refractivity contribution in [3.8, 4) is 0 Å². The molecule has 4 saturated heterocycles. The van der Waals surface area contributed by atoms with E-state index in [1.807, 2.05) is 0 Å². The Kier molecular flexibility index (Phi) is 20.9. The maximum absolute atomic E-state index is 12.3. The van der Waals surface area contributed by atoms with E-state index in [0.717, 1.165) is 20.8 Å². The normalized spacial score (nSPS) is 42.0. The zero-order chi connectivity index (χ0) is 48.6. The molecule has 0 bridgehead atoms. The van der Waals surface area contributed by atoms with Gasteiger partial charge in [0, 0.05) is 20.8 Å². The summed E-state index contributed by atoms with van der Waals surface area (Å²) in [5, 5.41) is 165. The van der Waals surface area contributed by atoms with E-state index >= 15 is 0 Å². The van der Waals surface area contributed by atoms with Crippen LogP contribution in [-0.4, -0.2) is 281 Å². The van der Waals surface area contributed by atoms with Crippen LogP contribution >= 0.6 is 0 Å². The highest BCUT2D eigenvalue weighted by Gasteiger charge is 2.55. The molecule has 4 heterocycles. The van der Waals surface area contributed by atoms with Crippen molar-refractivity contribution in [1.29, 1.82) is 0 Å². The van der Waals surface area contributed by atoms with Gasteiger partial charge in [-0.1, -0.05) is 0 Å². The second-order valence-electron chi connectivity index (χ2n) is 16.0. The Bertz CT molecular complexity index is 1510. The number of ether oxygens (including phenoxy) is 8. The van der Waals surface area contributed by atoms with Crippen LogP contribution in [0.2, 0.25) is 0 Å². The Morgan fingerprint density at radius 2 is 0.969 bits per heavy atom. The number of hydrogen-bond donors (Lipinski definition) is 18. The van der Waals surface area contributed by atoms with Crippen LogP contribution in [0.5, 0.6) is 0 Å². The fraction of sp³-hybridized carbons (Fsp3) is 0.917. The summed E-state index contributed by atoms with van der Waals surface area (Å²) in [5.41, 5.74) is 0. The molecule has 4 rings (SSSR count). The van der Waals surface area contributed by atoms with Gasteiger partial charge in [-0.15, -0.1) is 0 Å². The van der Waals surface area contributed by atoms with Gasteiger partial charge in [0.1, 0.15) is 116 Å². The first kappa shape index (κ1) is 55.1. The minimum Gasteiger partial charge on any atom is -0.394 e. The van der Waals surface area contributed by atoms with E-state index in [1.54, 1.807) is 0 Å². The molecule has 0 radical (unpaired) electrons. The van der Waals surface area contributed by atoms with Gasteiger partial charge in [0.05, 0.1) is 45.7 Å². The number of carbonyl (C=O) groups is 3. The summed E-state index contributed by atoms with van der Waals surface area (Å²) in [6.45, 7) is -2.40. The third-order valence-electron chi connectivity index (χ3n) is 11.2. The van der Waals surface area contributed by atoms with Crippen molar-refractivity contribution < 1.29 is 129 Å². The highest BCUT2D eigenvalue weighted by molar-refractivity contribution is 5.74. The van der Waals surface area contributed by atoms with Crippen LogP contribution in [0.4, 0.5) is 0 Å². The molecule has 0 aromatic heterocycles. The van der Waals surface area contributed by atoms with E-state index in [0.29, 0.717) is 0 Å². The van der Waals surface area contributed by atoms with E-state index < -0.39 is 204 Å². The van der Waals surface area contributed by atoms with Crippen LogP contribution in [0.25, 0.3) is 0 Å². The number of rotatable bonds is 20. The lowest BCUT2D eigenvalue weighted by Gasteiger charge is -2.49. The monoisotopic (exact) mass is 953 g/mol. The van der Waals surface area contributed by atoms with Gasteiger partial charge in [0.25, 0.3) is 0 Å². The van der Waals surface area contributed by atoms with E-state index in [9.17, 15) is 91.0 Å². The Hall–Kier alpha value is -2.51. The summed E-state index contributed by atoms with van der Waals surface area (Å²) >= 11 is 0. The van der Waals surface area contributed by atoms with Crippen LogP contribution in [0.1, 0.15) is 20.8 Å². The smallest absolute Gasteiger partial charge is 0.217 e. The summed E-state index contributed by atoms with van der Waals surface area (Å²) in [7, 11) is 0. The summed E-state index contributed by atoms with van der Waals surface area (Å²) in [5.74, 6) is -2.26. The highest BCUT2D eigenvalue weighted by atomic mass is 16.8. The molecule has 378 valence electrons. The summed E-state index contributed by atoms with van der Waals surface area (Å²) in [6.07, 6.45) is -38.6. The summed E-state index contributed by atoms with van der Waals surface area (Å²) in [4.78, 5) is 36.2. The number of aliphatic hydroxyl groups excluding tert-OH is 15. The van der Waals surface area contributed by atoms with E-state index in [1.165, 1.54) is 0 Å². The van der Waals surface area contributed by atoms with Crippen molar-refractivity contribution in [2.45, 2.75) is 168 Å². The van der Waals surface area contributed by atoms with Gasteiger partial charge in [0.15, 0.2) is 25.2 Å². The molecule has 65 heavy (non-hydrogen) atoms. The van der Waals surface area contributed by atoms with Crippen molar-refractivity contribution in [3.63, 3.8) is 0 Å². The molecule has 4 aliphatic heterocycles. The lowest BCUT2D eigenvalue weighted by molar-refractivity contribution is -0.368. The fourth-order valence-corrected chi connectivity index (χ4v) is 7.75. The number of carbonyl (C=O) groups excluding carboxylic acids is 3. The van der Waals surface area contributed by atoms with Gasteiger partial charge in [-0.05, 0) is 0 Å². The van der Waals surface area contributed by atoms with Crippen molar-refractivity contribution in [2.24, 2.45) is 0 Å². The molecular formula is C36H63N3O26. The third-order valence-corrected chi connectivity index (χ3v) is 11.2. The number of amides is 3.